The predicted molar refractivity (Wildman–Crippen MR) is 59.2 cm³/mol. The van der Waals surface area contributed by atoms with Crippen LogP contribution in [0.5, 0.6) is 5.75 Å². The Bertz CT molecular complexity index is 459. The first kappa shape index (κ1) is 9.61. The molecule has 0 bridgehead atoms. The Morgan fingerprint density at radius 1 is 1.38 bits per heavy atom. The summed E-state index contributed by atoms with van der Waals surface area (Å²) >= 11 is 0. The minimum Gasteiger partial charge on any atom is -0.493 e. The van der Waals surface area contributed by atoms with Crippen LogP contribution >= 0.6 is 0 Å². The Morgan fingerprint density at radius 2 is 2.19 bits per heavy atom. The number of benzene rings is 1. The van der Waals surface area contributed by atoms with Crippen LogP contribution in [-0.2, 0) is 11.2 Å². The van der Waals surface area contributed by atoms with Crippen molar-refractivity contribution in [2.24, 2.45) is 10.9 Å². The van der Waals surface area contributed by atoms with Crippen LogP contribution in [0.25, 0.3) is 0 Å². The molecular weight excluding hydrogens is 202 g/mol. The Balaban J connectivity index is 1.86. The van der Waals surface area contributed by atoms with E-state index in [9.17, 15) is 4.79 Å². The van der Waals surface area contributed by atoms with E-state index in [1.165, 1.54) is 5.56 Å². The average Bonchev–Trinajstić information content (AvgIpc) is 3.10. The first-order valence-corrected chi connectivity index (χ1v) is 5.64. The van der Waals surface area contributed by atoms with Crippen molar-refractivity contribution in [3.63, 3.8) is 0 Å². The van der Waals surface area contributed by atoms with E-state index in [1.54, 1.807) is 6.08 Å². The van der Waals surface area contributed by atoms with Crippen molar-refractivity contribution in [2.45, 2.75) is 24.8 Å². The Hall–Kier alpha value is -1.60. The van der Waals surface area contributed by atoms with Gasteiger partial charge >= 0.3 is 0 Å². The molecule has 0 aromatic heterocycles. The topological polar surface area (TPSA) is 38.7 Å². The molecule has 0 N–H and O–H groups in total. The molecule has 0 spiro atoms. The number of aliphatic imine (C=N–C) groups is 1. The lowest BCUT2D eigenvalue weighted by Crippen LogP contribution is -2.32. The number of nitrogens with zero attached hydrogens (tertiary/aromatic N) is 1. The zero-order valence-corrected chi connectivity index (χ0v) is 8.98. The van der Waals surface area contributed by atoms with Crippen LogP contribution < -0.4 is 4.74 Å². The van der Waals surface area contributed by atoms with Crippen LogP contribution in [0.15, 0.2) is 29.3 Å². The lowest BCUT2D eigenvalue weighted by atomic mass is 9.89. The highest BCUT2D eigenvalue weighted by Gasteiger charge is 2.51. The highest BCUT2D eigenvalue weighted by molar-refractivity contribution is 5.39. The maximum Gasteiger partial charge on any atom is 0.235 e. The molecule has 1 atom stereocenters. The number of rotatable bonds is 2. The van der Waals surface area contributed by atoms with E-state index in [4.69, 9.17) is 4.74 Å². The first-order chi connectivity index (χ1) is 7.84. The Labute approximate surface area is 94.1 Å². The van der Waals surface area contributed by atoms with Gasteiger partial charge in [-0.05, 0) is 30.9 Å². The molecule has 1 aliphatic heterocycles. The third kappa shape index (κ3) is 1.44. The molecule has 1 heterocycles. The molecular formula is C13H13NO2. The molecule has 2 aliphatic rings. The van der Waals surface area contributed by atoms with E-state index in [0.29, 0.717) is 12.5 Å². The van der Waals surface area contributed by atoms with Gasteiger partial charge in [-0.25, -0.2) is 4.79 Å². The monoisotopic (exact) mass is 215 g/mol. The van der Waals surface area contributed by atoms with E-state index in [0.717, 1.165) is 25.0 Å². The van der Waals surface area contributed by atoms with E-state index in [-0.39, 0.29) is 5.54 Å². The largest absolute Gasteiger partial charge is 0.493 e. The summed E-state index contributed by atoms with van der Waals surface area (Å²) in [5.74, 6) is 1.31. The van der Waals surface area contributed by atoms with Crippen molar-refractivity contribution in [1.82, 2.24) is 0 Å². The van der Waals surface area contributed by atoms with Gasteiger partial charge < -0.3 is 4.74 Å². The van der Waals surface area contributed by atoms with Gasteiger partial charge in [0.15, 0.2) is 0 Å². The smallest absolute Gasteiger partial charge is 0.235 e. The molecule has 1 unspecified atom stereocenters. The summed E-state index contributed by atoms with van der Waals surface area (Å²) in [5, 5.41) is 0. The Kier molecular flexibility index (Phi) is 2.08. The van der Waals surface area contributed by atoms with Crippen molar-refractivity contribution in [2.75, 3.05) is 6.61 Å². The summed E-state index contributed by atoms with van der Waals surface area (Å²) in [7, 11) is 0. The molecule has 3 rings (SSSR count). The standard InChI is InChI=1S/C13H13NO2/c15-9-14-13(5-6-13)11-7-10-3-1-2-4-12(10)16-8-11/h1-4,11H,5-8H2. The molecule has 1 fully saturated rings. The van der Waals surface area contributed by atoms with Gasteiger partial charge in [-0.15, -0.1) is 0 Å². The van der Waals surface area contributed by atoms with Gasteiger partial charge in [0, 0.05) is 5.92 Å². The van der Waals surface area contributed by atoms with Crippen molar-refractivity contribution in [1.29, 1.82) is 0 Å². The fourth-order valence-electron chi connectivity index (χ4n) is 2.50. The molecule has 3 nitrogen and oxygen atoms in total. The third-order valence-electron chi connectivity index (χ3n) is 3.67. The van der Waals surface area contributed by atoms with Crippen LogP contribution in [0.4, 0.5) is 0 Å². The van der Waals surface area contributed by atoms with Crippen LogP contribution in [0.1, 0.15) is 18.4 Å². The van der Waals surface area contributed by atoms with Crippen molar-refractivity contribution in [3.05, 3.63) is 29.8 Å². The van der Waals surface area contributed by atoms with Crippen LogP contribution in [0.2, 0.25) is 0 Å². The summed E-state index contributed by atoms with van der Waals surface area (Å²) in [6, 6.07) is 8.08. The number of fused-ring (bicyclic) bond motifs is 1. The first-order valence-electron chi connectivity index (χ1n) is 5.64. The second-order valence-electron chi connectivity index (χ2n) is 4.63. The SMILES string of the molecule is O=C=NC1(C2COc3ccccc3C2)CC1. The fraction of sp³-hybridized carbons (Fsp3) is 0.462. The van der Waals surface area contributed by atoms with Crippen molar-refractivity contribution < 1.29 is 9.53 Å². The van der Waals surface area contributed by atoms with E-state index >= 15 is 0 Å². The number of isocyanates is 1. The predicted octanol–water partition coefficient (Wildman–Crippen LogP) is 2.11. The van der Waals surface area contributed by atoms with Crippen LogP contribution in [-0.4, -0.2) is 18.2 Å². The molecule has 3 heteroatoms. The number of hydrogen-bond donors (Lipinski definition) is 0. The van der Waals surface area contributed by atoms with Gasteiger partial charge in [0.05, 0.1) is 12.1 Å². The maximum absolute atomic E-state index is 10.4. The highest BCUT2D eigenvalue weighted by Crippen LogP contribution is 2.49. The molecule has 16 heavy (non-hydrogen) atoms. The second kappa shape index (κ2) is 3.46. The van der Waals surface area contributed by atoms with Gasteiger partial charge in [0.2, 0.25) is 6.08 Å². The van der Waals surface area contributed by atoms with Gasteiger partial charge in [0.25, 0.3) is 0 Å². The lowest BCUT2D eigenvalue weighted by Gasteiger charge is -2.28. The highest BCUT2D eigenvalue weighted by atomic mass is 16.5. The van der Waals surface area contributed by atoms with E-state index < -0.39 is 0 Å². The minimum absolute atomic E-state index is 0.157. The summed E-state index contributed by atoms with van der Waals surface area (Å²) in [4.78, 5) is 14.4. The summed E-state index contributed by atoms with van der Waals surface area (Å²) in [6.45, 7) is 0.669. The van der Waals surface area contributed by atoms with Crippen molar-refractivity contribution in [3.8, 4) is 5.75 Å². The van der Waals surface area contributed by atoms with Crippen LogP contribution in [0, 0.1) is 5.92 Å². The molecule has 82 valence electrons. The van der Waals surface area contributed by atoms with E-state index in [1.807, 2.05) is 18.2 Å². The second-order valence-corrected chi connectivity index (χ2v) is 4.63. The number of hydrogen-bond acceptors (Lipinski definition) is 3. The molecule has 1 aromatic rings. The van der Waals surface area contributed by atoms with Gasteiger partial charge in [-0.3, -0.25) is 0 Å². The van der Waals surface area contributed by atoms with Gasteiger partial charge in [0.1, 0.15) is 5.75 Å². The molecule has 1 aliphatic carbocycles. The summed E-state index contributed by atoms with van der Waals surface area (Å²) < 4.78 is 5.72. The third-order valence-corrected chi connectivity index (χ3v) is 3.67. The minimum atomic E-state index is -0.157. The fourth-order valence-corrected chi connectivity index (χ4v) is 2.50. The number of ether oxygens (including phenoxy) is 1. The zero-order valence-electron chi connectivity index (χ0n) is 8.98. The lowest BCUT2D eigenvalue weighted by molar-refractivity contribution is 0.192. The number of carbonyl (C=O) groups excluding carboxylic acids is 1. The number of para-hydroxylation sites is 1. The quantitative estimate of drug-likeness (QED) is 0.559. The van der Waals surface area contributed by atoms with Gasteiger partial charge in [-0.1, -0.05) is 18.2 Å². The maximum atomic E-state index is 10.4. The van der Waals surface area contributed by atoms with E-state index in [2.05, 4.69) is 11.1 Å². The Morgan fingerprint density at radius 3 is 2.94 bits per heavy atom. The molecule has 0 amide bonds. The normalized spacial score (nSPS) is 24.9. The van der Waals surface area contributed by atoms with Crippen molar-refractivity contribution >= 4 is 6.08 Å². The molecule has 1 saturated carbocycles. The van der Waals surface area contributed by atoms with Gasteiger partial charge in [-0.2, -0.15) is 4.99 Å². The molecule has 0 saturated heterocycles. The van der Waals surface area contributed by atoms with Crippen LogP contribution in [0.3, 0.4) is 0 Å². The zero-order chi connectivity index (χ0) is 11.0. The summed E-state index contributed by atoms with van der Waals surface area (Å²) in [6.07, 6.45) is 4.67. The molecule has 1 aromatic carbocycles. The molecule has 0 radical (unpaired) electrons. The average molecular weight is 215 g/mol. The summed E-state index contributed by atoms with van der Waals surface area (Å²) in [5.41, 5.74) is 1.07.